The maximum Gasteiger partial charge on any atom is 0.0701 e. The van der Waals surface area contributed by atoms with Crippen molar-refractivity contribution in [3.05, 3.63) is 144 Å². The second-order valence-electron chi connectivity index (χ2n) is 6.21. The summed E-state index contributed by atoms with van der Waals surface area (Å²) >= 11 is 0. The van der Waals surface area contributed by atoms with E-state index in [9.17, 15) is 0 Å². The molecule has 0 aliphatic carbocycles. The molecular formula is C25H24ClNO. The minimum absolute atomic E-state index is 0. The van der Waals surface area contributed by atoms with Crippen LogP contribution in [0.2, 0.25) is 0 Å². The normalized spacial score (nSPS) is 10.2. The highest BCUT2D eigenvalue weighted by Crippen LogP contribution is 2.44. The molecule has 0 atom stereocenters. The van der Waals surface area contributed by atoms with Gasteiger partial charge in [0, 0.05) is 0 Å². The Balaban J connectivity index is 0.000000906. The Hall–Kier alpha value is -2.91. The lowest BCUT2D eigenvalue weighted by Crippen LogP contribution is -2.30. The molecular weight excluding hydrogens is 366 g/mol. The zero-order chi connectivity index (χ0) is 19.0. The van der Waals surface area contributed by atoms with Gasteiger partial charge < -0.3 is 5.21 Å². The third kappa shape index (κ3) is 4.00. The van der Waals surface area contributed by atoms with Crippen LogP contribution < -0.4 is 5.90 Å². The molecule has 28 heavy (non-hydrogen) atoms. The molecule has 4 aromatic carbocycles. The Morgan fingerprint density at radius 2 is 0.571 bits per heavy atom. The van der Waals surface area contributed by atoms with Crippen LogP contribution in [0.25, 0.3) is 0 Å². The first-order chi connectivity index (χ1) is 13.4. The van der Waals surface area contributed by atoms with Gasteiger partial charge in [-0.05, 0) is 22.3 Å². The second-order valence-corrected chi connectivity index (χ2v) is 6.21. The first-order valence-electron chi connectivity index (χ1n) is 8.90. The maximum atomic E-state index is 6.50. The third-order valence-corrected chi connectivity index (χ3v) is 4.83. The molecule has 0 aliphatic heterocycles. The number of nitrogens with two attached hydrogens (primary N) is 1. The van der Waals surface area contributed by atoms with Crippen molar-refractivity contribution in [2.75, 3.05) is 0 Å². The van der Waals surface area contributed by atoms with Crippen LogP contribution in [-0.2, 0) is 5.41 Å². The van der Waals surface area contributed by atoms with Gasteiger partial charge in [-0.15, -0.1) is 12.4 Å². The minimum Gasteiger partial charge on any atom is -0.320 e. The molecule has 0 aromatic heterocycles. The fourth-order valence-electron chi connectivity index (χ4n) is 3.75. The summed E-state index contributed by atoms with van der Waals surface area (Å²) in [5.74, 6) is 3.50. The number of hydrogen-bond acceptors (Lipinski definition) is 2. The number of halogens is 1. The molecule has 0 aliphatic rings. The summed E-state index contributed by atoms with van der Waals surface area (Å²) in [5.41, 5.74) is 4.78. The fourth-order valence-corrected chi connectivity index (χ4v) is 3.75. The van der Waals surface area contributed by atoms with Crippen LogP contribution in [0.4, 0.5) is 0 Å². The van der Waals surface area contributed by atoms with Crippen LogP contribution in [0.5, 0.6) is 0 Å². The van der Waals surface area contributed by atoms with Gasteiger partial charge in [0.05, 0.1) is 5.41 Å². The van der Waals surface area contributed by atoms with Crippen LogP contribution in [-0.4, -0.2) is 5.21 Å². The zero-order valence-electron chi connectivity index (χ0n) is 15.5. The topological polar surface area (TPSA) is 46.2 Å². The molecule has 0 bridgehead atoms. The van der Waals surface area contributed by atoms with E-state index in [1.165, 1.54) is 22.3 Å². The van der Waals surface area contributed by atoms with Crippen LogP contribution in [0, 0.1) is 0 Å². The summed E-state index contributed by atoms with van der Waals surface area (Å²) in [7, 11) is 0. The van der Waals surface area contributed by atoms with Crippen molar-refractivity contribution in [2.45, 2.75) is 5.41 Å². The quantitative estimate of drug-likeness (QED) is 0.341. The molecule has 0 heterocycles. The first kappa shape index (κ1) is 21.4. The predicted molar refractivity (Wildman–Crippen MR) is 118 cm³/mol. The lowest BCUT2D eigenvalue weighted by atomic mass is 9.65. The van der Waals surface area contributed by atoms with Crippen molar-refractivity contribution in [2.24, 2.45) is 5.90 Å². The van der Waals surface area contributed by atoms with E-state index in [0.29, 0.717) is 0 Å². The Kier molecular flexibility index (Phi) is 7.97. The van der Waals surface area contributed by atoms with E-state index in [4.69, 9.17) is 5.21 Å². The van der Waals surface area contributed by atoms with E-state index in [2.05, 4.69) is 127 Å². The van der Waals surface area contributed by atoms with Gasteiger partial charge in [-0.25, -0.2) is 5.90 Å². The molecule has 0 saturated heterocycles. The summed E-state index contributed by atoms with van der Waals surface area (Å²) in [6.07, 6.45) is 0. The van der Waals surface area contributed by atoms with Gasteiger partial charge in [0.2, 0.25) is 0 Å². The molecule has 4 aromatic rings. The van der Waals surface area contributed by atoms with Crippen molar-refractivity contribution < 1.29 is 5.21 Å². The van der Waals surface area contributed by atoms with Crippen LogP contribution in [0.15, 0.2) is 121 Å². The number of benzene rings is 4. The molecule has 0 amide bonds. The van der Waals surface area contributed by atoms with E-state index in [0.717, 1.165) is 0 Å². The highest BCUT2D eigenvalue weighted by atomic mass is 35.5. The van der Waals surface area contributed by atoms with Crippen LogP contribution in [0.3, 0.4) is 0 Å². The van der Waals surface area contributed by atoms with Gasteiger partial charge in [-0.2, -0.15) is 0 Å². The molecule has 0 unspecified atom stereocenters. The largest absolute Gasteiger partial charge is 0.320 e. The Morgan fingerprint density at radius 1 is 0.393 bits per heavy atom. The van der Waals surface area contributed by atoms with Gasteiger partial charge in [0.15, 0.2) is 0 Å². The second kappa shape index (κ2) is 10.4. The average molecular weight is 390 g/mol. The van der Waals surface area contributed by atoms with Crippen molar-refractivity contribution in [3.63, 3.8) is 0 Å². The van der Waals surface area contributed by atoms with E-state index >= 15 is 0 Å². The minimum atomic E-state index is -0.328. The van der Waals surface area contributed by atoms with Crippen molar-refractivity contribution in [1.29, 1.82) is 0 Å². The van der Waals surface area contributed by atoms with Crippen LogP contribution >= 0.6 is 12.4 Å². The van der Waals surface area contributed by atoms with Gasteiger partial charge in [0.25, 0.3) is 0 Å². The predicted octanol–water partition coefficient (Wildman–Crippen LogP) is 5.83. The lowest BCUT2D eigenvalue weighted by Gasteiger charge is -2.36. The summed E-state index contributed by atoms with van der Waals surface area (Å²) < 4.78 is 0. The average Bonchev–Trinajstić information content (AvgIpc) is 2.79. The highest BCUT2D eigenvalue weighted by molar-refractivity contribution is 5.85. The fraction of sp³-hybridized carbons (Fsp3) is 0.0400. The number of rotatable bonds is 4. The van der Waals surface area contributed by atoms with Gasteiger partial charge in [0.1, 0.15) is 0 Å². The Labute approximate surface area is 172 Å². The standard InChI is InChI=1S/C25H20.ClH.H3NO/c1-5-13-21(14-6-1)25(22-15-7-2-8-16-22,23-17-9-3-10-18-23)24-19-11-4-12-20-24;;1-2/h1-20H;1H;2H,1H2. The number of hydrogen-bond donors (Lipinski definition) is 2. The summed E-state index contributed by atoms with van der Waals surface area (Å²) in [5, 5.41) is 6.50. The highest BCUT2D eigenvalue weighted by Gasteiger charge is 2.37. The summed E-state index contributed by atoms with van der Waals surface area (Å²) in [6.45, 7) is 0. The Bertz CT molecular complexity index is 766. The molecule has 142 valence electrons. The van der Waals surface area contributed by atoms with E-state index in [1.54, 1.807) is 0 Å². The molecule has 0 radical (unpaired) electrons. The smallest absolute Gasteiger partial charge is 0.0701 e. The molecule has 3 N–H and O–H groups in total. The van der Waals surface area contributed by atoms with E-state index < -0.39 is 0 Å². The molecule has 0 spiro atoms. The monoisotopic (exact) mass is 389 g/mol. The third-order valence-electron chi connectivity index (χ3n) is 4.83. The SMILES string of the molecule is Cl.NO.c1ccc(C(c2ccccc2)(c2ccccc2)c2ccccc2)cc1. The molecule has 0 fully saturated rings. The maximum absolute atomic E-state index is 6.50. The van der Waals surface area contributed by atoms with Gasteiger partial charge in [-0.1, -0.05) is 121 Å². The summed E-state index contributed by atoms with van der Waals surface area (Å²) in [4.78, 5) is 0. The van der Waals surface area contributed by atoms with E-state index in [-0.39, 0.29) is 17.8 Å². The van der Waals surface area contributed by atoms with E-state index in [1.807, 2.05) is 0 Å². The van der Waals surface area contributed by atoms with Crippen molar-refractivity contribution in [3.8, 4) is 0 Å². The van der Waals surface area contributed by atoms with Gasteiger partial charge >= 0.3 is 0 Å². The molecule has 0 saturated carbocycles. The first-order valence-corrected chi connectivity index (χ1v) is 8.90. The zero-order valence-corrected chi connectivity index (χ0v) is 16.3. The molecule has 4 rings (SSSR count). The van der Waals surface area contributed by atoms with Crippen molar-refractivity contribution in [1.82, 2.24) is 0 Å². The lowest BCUT2D eigenvalue weighted by molar-refractivity contribution is 0.311. The van der Waals surface area contributed by atoms with Crippen LogP contribution in [0.1, 0.15) is 22.3 Å². The van der Waals surface area contributed by atoms with Crippen molar-refractivity contribution >= 4 is 12.4 Å². The Morgan fingerprint density at radius 3 is 0.750 bits per heavy atom. The van der Waals surface area contributed by atoms with Gasteiger partial charge in [-0.3, -0.25) is 0 Å². The molecule has 3 heteroatoms. The molecule has 2 nitrogen and oxygen atoms in total. The summed E-state index contributed by atoms with van der Waals surface area (Å²) in [6, 6.07) is 43.1.